The van der Waals surface area contributed by atoms with Gasteiger partial charge in [0.2, 0.25) is 0 Å². The second kappa shape index (κ2) is 15.5. The van der Waals surface area contributed by atoms with Crippen LogP contribution in [0.25, 0.3) is 99.1 Å². The Kier molecular flexibility index (Phi) is 9.02. The van der Waals surface area contributed by atoms with Gasteiger partial charge in [-0.2, -0.15) is 0 Å². The number of nitrogens with zero attached hydrogens (tertiary/aromatic N) is 2. The van der Waals surface area contributed by atoms with Crippen molar-refractivity contribution in [2.24, 2.45) is 0 Å². The lowest BCUT2D eigenvalue weighted by molar-refractivity contribution is 1.18. The van der Waals surface area contributed by atoms with Crippen LogP contribution < -0.4 is 4.90 Å². The Labute approximate surface area is 373 Å². The van der Waals surface area contributed by atoms with Gasteiger partial charge in [0.25, 0.3) is 0 Å². The van der Waals surface area contributed by atoms with E-state index >= 15 is 0 Å². The van der Waals surface area contributed by atoms with Crippen molar-refractivity contribution in [3.63, 3.8) is 0 Å². The van der Waals surface area contributed by atoms with Crippen molar-refractivity contribution in [3.8, 4) is 50.2 Å². The Morgan fingerprint density at radius 3 is 1.47 bits per heavy atom. The quantitative estimate of drug-likeness (QED) is 0.152. The molecule has 0 saturated carbocycles. The van der Waals surface area contributed by atoms with Crippen molar-refractivity contribution in [2.75, 3.05) is 4.90 Å². The number of aromatic nitrogens is 1. The molecule has 12 rings (SSSR count). The van der Waals surface area contributed by atoms with Crippen LogP contribution in [0, 0.1) is 0 Å². The number of allylic oxidation sites excluding steroid dienone is 4. The Balaban J connectivity index is 0.926. The number of anilines is 2. The second-order valence-electron chi connectivity index (χ2n) is 16.6. The van der Waals surface area contributed by atoms with Gasteiger partial charge in [0.1, 0.15) is 0 Å². The van der Waals surface area contributed by atoms with Crippen LogP contribution >= 0.6 is 0 Å². The lowest BCUT2D eigenvalue weighted by atomic mass is 9.85. The first kappa shape index (κ1) is 37.3. The highest BCUT2D eigenvalue weighted by Gasteiger charge is 2.20. The van der Waals surface area contributed by atoms with E-state index in [0.717, 1.165) is 33.8 Å². The van der Waals surface area contributed by atoms with Crippen molar-refractivity contribution in [2.45, 2.75) is 0 Å². The van der Waals surface area contributed by atoms with Gasteiger partial charge in [-0.05, 0) is 132 Å². The third-order valence-corrected chi connectivity index (χ3v) is 12.9. The largest absolute Gasteiger partial charge is 0.317 e. The van der Waals surface area contributed by atoms with Gasteiger partial charge < -0.3 is 9.47 Å². The smallest absolute Gasteiger partial charge is 0.0541 e. The molecule has 300 valence electrons. The number of para-hydroxylation sites is 2. The number of rotatable bonds is 6. The van der Waals surface area contributed by atoms with Crippen LogP contribution in [0.4, 0.5) is 11.4 Å². The molecule has 0 bridgehead atoms. The lowest BCUT2D eigenvalue weighted by Crippen LogP contribution is -2.11. The Hall–Kier alpha value is -8.46. The number of hydrogen-bond donors (Lipinski definition) is 0. The van der Waals surface area contributed by atoms with Crippen molar-refractivity contribution in [3.05, 3.63) is 255 Å². The summed E-state index contributed by atoms with van der Waals surface area (Å²) in [6.07, 6.45) is 8.44. The van der Waals surface area contributed by atoms with E-state index in [1.54, 1.807) is 0 Å². The Morgan fingerprint density at radius 1 is 0.328 bits per heavy atom. The van der Waals surface area contributed by atoms with Gasteiger partial charge in [0, 0.05) is 33.9 Å². The molecule has 2 heteroatoms. The molecule has 11 aromatic rings. The molecule has 0 radical (unpaired) electrons. The molecule has 0 atom stereocenters. The molecule has 0 saturated heterocycles. The van der Waals surface area contributed by atoms with Gasteiger partial charge in [-0.3, -0.25) is 0 Å². The van der Waals surface area contributed by atoms with E-state index in [0.29, 0.717) is 0 Å². The van der Waals surface area contributed by atoms with E-state index in [2.05, 4.69) is 259 Å². The zero-order valence-corrected chi connectivity index (χ0v) is 35.2. The van der Waals surface area contributed by atoms with Crippen LogP contribution in [0.5, 0.6) is 0 Å². The average Bonchev–Trinajstić information content (AvgIpc) is 3.69. The summed E-state index contributed by atoms with van der Waals surface area (Å²) in [5.41, 5.74) is 17.5. The molecule has 1 aliphatic rings. The molecule has 1 aromatic heterocycles. The fourth-order valence-corrected chi connectivity index (χ4v) is 9.89. The van der Waals surface area contributed by atoms with E-state index in [4.69, 9.17) is 0 Å². The lowest BCUT2D eigenvalue weighted by Gasteiger charge is -2.26. The molecule has 2 heterocycles. The molecule has 0 spiro atoms. The predicted molar refractivity (Wildman–Crippen MR) is 273 cm³/mol. The fraction of sp³-hybridized carbons (Fsp3) is 0. The standard InChI is InChI=1S/C62H42N2/c1-42-16-14-15-39-63(58-37-33-47(40-56(42)58)48-34-38-60-57(41-48)51-21-12-13-26-59(51)64(60)50-19-6-3-7-20-50)49-35-31-46(32-36-49)62-54-24-10-8-22-52(54)61(53-23-9-11-25-55(53)62)45-29-27-44(28-30-45)43-17-4-2-5-18-43/h2-41H,1H2/b16-14-,39-15-. The SMILES string of the molecule is C=C1/C=C\C=C/N(c2ccc(-c3c4ccccc4c(-c4ccc(-c5ccccc5)cc4)c4ccccc34)cc2)c2ccc(-c3ccc4c(c3)c3ccccc3n4-c3ccccc3)cc21. The first-order chi connectivity index (χ1) is 31.7. The van der Waals surface area contributed by atoms with Crippen molar-refractivity contribution >= 4 is 60.3 Å². The van der Waals surface area contributed by atoms with E-state index in [-0.39, 0.29) is 0 Å². The van der Waals surface area contributed by atoms with Crippen molar-refractivity contribution in [1.29, 1.82) is 0 Å². The number of hydrogen-bond acceptors (Lipinski definition) is 1. The van der Waals surface area contributed by atoms with Gasteiger partial charge in [0.05, 0.1) is 16.7 Å². The van der Waals surface area contributed by atoms with Crippen molar-refractivity contribution < 1.29 is 0 Å². The molecule has 64 heavy (non-hydrogen) atoms. The summed E-state index contributed by atoms with van der Waals surface area (Å²) in [7, 11) is 0. The first-order valence-corrected chi connectivity index (χ1v) is 21.9. The molecule has 0 N–H and O–H groups in total. The van der Waals surface area contributed by atoms with Crippen molar-refractivity contribution in [1.82, 2.24) is 4.57 Å². The maximum absolute atomic E-state index is 4.56. The van der Waals surface area contributed by atoms with Gasteiger partial charge in [-0.25, -0.2) is 0 Å². The maximum Gasteiger partial charge on any atom is 0.0541 e. The summed E-state index contributed by atoms with van der Waals surface area (Å²) < 4.78 is 2.36. The number of benzene rings is 10. The van der Waals surface area contributed by atoms with E-state index in [1.165, 1.54) is 82.3 Å². The highest BCUT2D eigenvalue weighted by atomic mass is 15.1. The summed E-state index contributed by atoms with van der Waals surface area (Å²) in [5, 5.41) is 7.45. The number of fused-ring (bicyclic) bond motifs is 6. The highest BCUT2D eigenvalue weighted by molar-refractivity contribution is 6.21. The molecule has 0 unspecified atom stereocenters. The predicted octanol–water partition coefficient (Wildman–Crippen LogP) is 17.0. The topological polar surface area (TPSA) is 8.17 Å². The fourth-order valence-electron chi connectivity index (χ4n) is 9.89. The molecule has 2 nitrogen and oxygen atoms in total. The second-order valence-corrected chi connectivity index (χ2v) is 16.6. The average molecular weight is 815 g/mol. The summed E-state index contributed by atoms with van der Waals surface area (Å²) in [5.74, 6) is 0. The highest BCUT2D eigenvalue weighted by Crippen LogP contribution is 2.45. The third-order valence-electron chi connectivity index (χ3n) is 12.9. The van der Waals surface area contributed by atoms with Gasteiger partial charge in [-0.15, -0.1) is 0 Å². The summed E-state index contributed by atoms with van der Waals surface area (Å²) >= 11 is 0. The zero-order chi connectivity index (χ0) is 42.6. The van der Waals surface area contributed by atoms with Gasteiger partial charge in [0.15, 0.2) is 0 Å². The molecule has 0 amide bonds. The first-order valence-electron chi connectivity index (χ1n) is 21.9. The molecular weight excluding hydrogens is 773 g/mol. The van der Waals surface area contributed by atoms with E-state index in [9.17, 15) is 0 Å². The molecule has 0 fully saturated rings. The Morgan fingerprint density at radius 2 is 0.812 bits per heavy atom. The van der Waals surface area contributed by atoms with Crippen LogP contribution in [-0.2, 0) is 0 Å². The van der Waals surface area contributed by atoms with E-state index < -0.39 is 0 Å². The molecule has 0 aliphatic carbocycles. The maximum atomic E-state index is 4.56. The van der Waals surface area contributed by atoms with Crippen LogP contribution in [0.3, 0.4) is 0 Å². The Bertz CT molecular complexity index is 3590. The van der Waals surface area contributed by atoms with Gasteiger partial charge in [-0.1, -0.05) is 183 Å². The van der Waals surface area contributed by atoms with E-state index in [1.807, 2.05) is 0 Å². The molecule has 10 aromatic carbocycles. The zero-order valence-electron chi connectivity index (χ0n) is 35.2. The van der Waals surface area contributed by atoms with Crippen LogP contribution in [0.2, 0.25) is 0 Å². The minimum atomic E-state index is 0.970. The summed E-state index contributed by atoms with van der Waals surface area (Å²) in [6.45, 7) is 4.56. The molecular formula is C62H42N2. The van der Waals surface area contributed by atoms with Crippen LogP contribution in [0.1, 0.15) is 5.56 Å². The van der Waals surface area contributed by atoms with Crippen LogP contribution in [0.15, 0.2) is 249 Å². The minimum Gasteiger partial charge on any atom is -0.317 e. The third kappa shape index (κ3) is 6.27. The summed E-state index contributed by atoms with van der Waals surface area (Å²) in [4.78, 5) is 2.28. The minimum absolute atomic E-state index is 0.970. The normalized spacial score (nSPS) is 13.6. The monoisotopic (exact) mass is 814 g/mol. The van der Waals surface area contributed by atoms with Gasteiger partial charge >= 0.3 is 0 Å². The van der Waals surface area contributed by atoms with Crippen LogP contribution in [-0.4, -0.2) is 4.57 Å². The molecule has 1 aliphatic heterocycles. The summed E-state index contributed by atoms with van der Waals surface area (Å²) in [6, 6.07) is 79.4.